The minimum absolute atomic E-state index is 0.0929. The van der Waals surface area contributed by atoms with Crippen LogP contribution in [0.15, 0.2) is 29.6 Å². The second kappa shape index (κ2) is 17.8. The Bertz CT molecular complexity index is 1580. The number of nitrogens with two attached hydrogens (primary N) is 2. The van der Waals surface area contributed by atoms with E-state index < -0.39 is 64.9 Å². The van der Waals surface area contributed by atoms with Gasteiger partial charge in [-0.1, -0.05) is 53.2 Å². The van der Waals surface area contributed by atoms with Gasteiger partial charge < -0.3 is 26.6 Å². The highest BCUT2D eigenvalue weighted by molar-refractivity contribution is 7.09. The number of aromatic nitrogens is 1. The number of aliphatic carboxylic acids is 1. The number of benzene rings is 1. The topological polar surface area (TPSA) is 198 Å². The molecular formula is C38H58N6O7S. The zero-order valence-electron chi connectivity index (χ0n) is 32.1. The molecule has 0 saturated carbocycles. The number of ketones is 1. The van der Waals surface area contributed by atoms with E-state index in [2.05, 4.69) is 10.3 Å². The van der Waals surface area contributed by atoms with Crippen molar-refractivity contribution in [2.45, 2.75) is 116 Å². The van der Waals surface area contributed by atoms with Crippen LogP contribution in [0.4, 0.5) is 5.69 Å². The summed E-state index contributed by atoms with van der Waals surface area (Å²) in [6.45, 7) is 13.2. The molecule has 2 heterocycles. The molecule has 0 spiro atoms. The van der Waals surface area contributed by atoms with Gasteiger partial charge in [-0.25, -0.2) is 4.98 Å². The van der Waals surface area contributed by atoms with Crippen LogP contribution in [0.25, 0.3) is 0 Å². The number of ether oxygens (including phenoxy) is 1. The van der Waals surface area contributed by atoms with Crippen LogP contribution >= 0.6 is 11.3 Å². The number of likely N-dealkylation sites (tertiary alicyclic amines) is 1. The Kier molecular flexibility index (Phi) is 14.5. The van der Waals surface area contributed by atoms with E-state index in [1.54, 1.807) is 36.4 Å². The van der Waals surface area contributed by atoms with Gasteiger partial charge in [-0.05, 0) is 82.8 Å². The molecule has 1 fully saturated rings. The molecule has 52 heavy (non-hydrogen) atoms. The first-order chi connectivity index (χ1) is 24.3. The van der Waals surface area contributed by atoms with Crippen molar-refractivity contribution in [3.63, 3.8) is 0 Å². The average Bonchev–Trinajstić information content (AvgIpc) is 3.70. The number of likely N-dealkylation sites (N-methyl/N-ethyl adjacent to an activating group) is 2. The molecule has 2 amide bonds. The van der Waals surface area contributed by atoms with Gasteiger partial charge in [0.05, 0.1) is 11.5 Å². The van der Waals surface area contributed by atoms with E-state index in [4.69, 9.17) is 16.2 Å². The Balaban J connectivity index is 1.97. The summed E-state index contributed by atoms with van der Waals surface area (Å²) in [6.07, 6.45) is 1.77. The molecular weight excluding hydrogens is 685 g/mol. The van der Waals surface area contributed by atoms with Crippen LogP contribution in [0.1, 0.15) is 108 Å². The first-order valence-corrected chi connectivity index (χ1v) is 19.0. The van der Waals surface area contributed by atoms with E-state index in [9.17, 15) is 29.1 Å². The van der Waals surface area contributed by atoms with Crippen molar-refractivity contribution < 1.29 is 33.8 Å². The molecule has 6 N–H and O–H groups in total. The number of carbonyl (C=O) groups excluding carboxylic acids is 4. The number of amides is 2. The molecule has 14 heteroatoms. The molecule has 13 nitrogen and oxygen atoms in total. The molecule has 1 aliphatic rings. The maximum Gasteiger partial charge on any atom is 0.306 e. The Morgan fingerprint density at radius 3 is 2.27 bits per heavy atom. The van der Waals surface area contributed by atoms with Crippen molar-refractivity contribution in [1.29, 1.82) is 0 Å². The number of carbonyl (C=O) groups is 5. The molecule has 1 aromatic heterocycles. The van der Waals surface area contributed by atoms with Gasteiger partial charge >= 0.3 is 11.9 Å². The Morgan fingerprint density at radius 1 is 1.13 bits per heavy atom. The van der Waals surface area contributed by atoms with Crippen LogP contribution in [0.5, 0.6) is 0 Å². The van der Waals surface area contributed by atoms with Crippen LogP contribution in [0.3, 0.4) is 0 Å². The number of hydrogen-bond donors (Lipinski definition) is 4. The predicted octanol–water partition coefficient (Wildman–Crippen LogP) is 4.45. The highest BCUT2D eigenvalue weighted by Crippen LogP contribution is 2.42. The largest absolute Gasteiger partial charge is 0.481 e. The Labute approximate surface area is 311 Å². The number of nitrogens with zero attached hydrogens (tertiary/aromatic N) is 3. The summed E-state index contributed by atoms with van der Waals surface area (Å²) in [5.74, 6) is -4.24. The van der Waals surface area contributed by atoms with E-state index in [0.717, 1.165) is 29.9 Å². The minimum Gasteiger partial charge on any atom is -0.481 e. The van der Waals surface area contributed by atoms with Gasteiger partial charge in [0, 0.05) is 36.5 Å². The smallest absolute Gasteiger partial charge is 0.306 e. The number of primary amides is 1. The summed E-state index contributed by atoms with van der Waals surface area (Å²) in [5, 5.41) is 14.5. The number of nitrogens with one attached hydrogen (secondary N) is 1. The Hall–Kier alpha value is -3.88. The fourth-order valence-electron chi connectivity index (χ4n) is 7.57. The lowest BCUT2D eigenvalue weighted by Gasteiger charge is -2.51. The van der Waals surface area contributed by atoms with Gasteiger partial charge in [-0.2, -0.15) is 0 Å². The van der Waals surface area contributed by atoms with E-state index in [1.807, 2.05) is 58.7 Å². The van der Waals surface area contributed by atoms with Crippen LogP contribution in [-0.4, -0.2) is 93.2 Å². The fraction of sp³-hybridized carbons (Fsp3) is 0.632. The second-order valence-electron chi connectivity index (χ2n) is 15.0. The molecule has 0 radical (unpaired) electrons. The number of nitrogen functional groups attached to an aromatic ring is 1. The number of carboxylic acid groups (broad SMARTS) is 1. The summed E-state index contributed by atoms with van der Waals surface area (Å²) in [6, 6.07) is 6.17. The standard InChI is InChI=1S/C38H58N6O7S/c1-10-24(5)38(36(40)50,35(49)37(7)16-11-17-43(37)8)44(9)30(22(2)3)20-31(51-25(6)45)33-42-29(21-52-33)32(46)41-28(18-23(4)34(47)48)19-26-12-14-27(39)15-13-26/h12-15,21-24,28,30-31H,10-11,16-20,39H2,1-9H3,(H2,40,50)(H,41,46)(H,47,48)/t23-,24-,28+,30+,31+,37+,38+/m0/s1. The van der Waals surface area contributed by atoms with E-state index in [0.29, 0.717) is 30.0 Å². The number of carboxylic acids is 1. The van der Waals surface area contributed by atoms with Gasteiger partial charge in [0.1, 0.15) is 10.7 Å². The van der Waals surface area contributed by atoms with E-state index >= 15 is 0 Å². The van der Waals surface area contributed by atoms with Crippen molar-refractivity contribution in [2.75, 3.05) is 26.4 Å². The van der Waals surface area contributed by atoms with Crippen molar-refractivity contribution in [3.8, 4) is 0 Å². The van der Waals surface area contributed by atoms with Crippen LogP contribution in [0.2, 0.25) is 0 Å². The fourth-order valence-corrected chi connectivity index (χ4v) is 8.41. The highest BCUT2D eigenvalue weighted by Gasteiger charge is 2.60. The van der Waals surface area contributed by atoms with Crippen LogP contribution in [0, 0.1) is 17.8 Å². The summed E-state index contributed by atoms with van der Waals surface area (Å²) in [7, 11) is 3.65. The zero-order chi connectivity index (χ0) is 39.1. The van der Waals surface area contributed by atoms with Gasteiger partial charge in [0.15, 0.2) is 17.4 Å². The number of rotatable bonds is 19. The van der Waals surface area contributed by atoms with Crippen LogP contribution in [-0.2, 0) is 30.3 Å². The van der Waals surface area contributed by atoms with Crippen molar-refractivity contribution in [2.24, 2.45) is 23.5 Å². The summed E-state index contributed by atoms with van der Waals surface area (Å²) < 4.78 is 5.83. The molecule has 1 saturated heterocycles. The van der Waals surface area contributed by atoms with Crippen LogP contribution < -0.4 is 16.8 Å². The molecule has 1 aromatic carbocycles. The van der Waals surface area contributed by atoms with E-state index in [1.165, 1.54) is 6.92 Å². The van der Waals surface area contributed by atoms with E-state index in [-0.39, 0.29) is 30.2 Å². The number of esters is 1. The molecule has 0 aliphatic carbocycles. The zero-order valence-corrected chi connectivity index (χ0v) is 32.9. The quantitative estimate of drug-likeness (QED) is 0.0901. The lowest BCUT2D eigenvalue weighted by molar-refractivity contribution is -0.159. The van der Waals surface area contributed by atoms with Crippen molar-refractivity contribution in [3.05, 3.63) is 45.9 Å². The van der Waals surface area contributed by atoms with Gasteiger partial charge in [-0.15, -0.1) is 11.3 Å². The third kappa shape index (κ3) is 9.37. The SMILES string of the molecule is CC[C@H](C)[C@](C(N)=O)(C(=O)[C@@]1(C)CCCN1C)N(C)[C@H](C[C@@H](OC(C)=O)c1nc(C(=O)N[C@@H](Cc2ccc(N)cc2)C[C@H](C)C(=O)O)cs1)C(C)C. The number of thiazole rings is 1. The Morgan fingerprint density at radius 2 is 1.77 bits per heavy atom. The normalized spacial score (nSPS) is 20.4. The number of Topliss-reactive ketones (excluding diaryl/α,β-unsaturated/α-hetero) is 1. The lowest BCUT2D eigenvalue weighted by atomic mass is 9.69. The monoisotopic (exact) mass is 742 g/mol. The molecule has 3 rings (SSSR count). The van der Waals surface area contributed by atoms with Crippen molar-refractivity contribution in [1.82, 2.24) is 20.1 Å². The first kappa shape index (κ1) is 42.5. The maximum absolute atomic E-state index is 14.8. The van der Waals surface area contributed by atoms with Gasteiger partial charge in [0.2, 0.25) is 5.91 Å². The first-order valence-electron chi connectivity index (χ1n) is 18.1. The summed E-state index contributed by atoms with van der Waals surface area (Å²) >= 11 is 1.15. The average molecular weight is 743 g/mol. The number of anilines is 1. The summed E-state index contributed by atoms with van der Waals surface area (Å²) in [4.78, 5) is 74.7. The predicted molar refractivity (Wildman–Crippen MR) is 202 cm³/mol. The van der Waals surface area contributed by atoms with Crippen molar-refractivity contribution >= 4 is 46.6 Å². The third-order valence-electron chi connectivity index (χ3n) is 11.0. The lowest BCUT2D eigenvalue weighted by Crippen LogP contribution is -2.73. The molecule has 1 aliphatic heterocycles. The van der Waals surface area contributed by atoms with Gasteiger partial charge in [0.25, 0.3) is 5.91 Å². The van der Waals surface area contributed by atoms with Gasteiger partial charge in [-0.3, -0.25) is 33.8 Å². The maximum atomic E-state index is 14.8. The molecule has 0 unspecified atom stereocenters. The minimum atomic E-state index is -1.65. The highest BCUT2D eigenvalue weighted by atomic mass is 32.1. The summed E-state index contributed by atoms with van der Waals surface area (Å²) in [5.41, 5.74) is 11.1. The molecule has 2 aromatic rings. The number of hydrogen-bond acceptors (Lipinski definition) is 11. The third-order valence-corrected chi connectivity index (χ3v) is 11.9. The molecule has 288 valence electrons. The second-order valence-corrected chi connectivity index (χ2v) is 15.9. The molecule has 0 bridgehead atoms. The molecule has 7 atom stereocenters.